The first-order valence-corrected chi connectivity index (χ1v) is 8.00. The molecule has 1 amide bonds. The van der Waals surface area contributed by atoms with E-state index in [0.717, 1.165) is 12.0 Å². The average molecular weight is 321 g/mol. The second-order valence-electron chi connectivity index (χ2n) is 5.45. The highest BCUT2D eigenvalue weighted by atomic mass is 16.4. The van der Waals surface area contributed by atoms with E-state index in [9.17, 15) is 4.79 Å². The van der Waals surface area contributed by atoms with Gasteiger partial charge in [0.05, 0.1) is 0 Å². The van der Waals surface area contributed by atoms with Crippen LogP contribution in [0, 0.1) is 0 Å². The van der Waals surface area contributed by atoms with E-state index in [1.807, 2.05) is 48.5 Å². The molecule has 0 aliphatic heterocycles. The largest absolute Gasteiger partial charge is 0.421 e. The van der Waals surface area contributed by atoms with Crippen LogP contribution in [0.2, 0.25) is 0 Å². The second-order valence-corrected chi connectivity index (χ2v) is 5.45. The molecule has 0 unspecified atom stereocenters. The molecule has 0 spiro atoms. The summed E-state index contributed by atoms with van der Waals surface area (Å²) in [5.74, 6) is 0.951. The van der Waals surface area contributed by atoms with E-state index in [-0.39, 0.29) is 5.91 Å². The Balaban J connectivity index is 1.42. The minimum atomic E-state index is -0.00890. The first-order valence-electron chi connectivity index (χ1n) is 8.00. The number of nitrogens with zero attached hydrogens (tertiary/aromatic N) is 2. The predicted molar refractivity (Wildman–Crippen MR) is 91.2 cm³/mol. The number of hydrogen-bond acceptors (Lipinski definition) is 4. The first kappa shape index (κ1) is 15.9. The van der Waals surface area contributed by atoms with Crippen molar-refractivity contribution in [2.45, 2.75) is 19.3 Å². The smallest absolute Gasteiger partial charge is 0.247 e. The van der Waals surface area contributed by atoms with Gasteiger partial charge in [0.25, 0.3) is 0 Å². The number of hydrogen-bond donors (Lipinski definition) is 1. The summed E-state index contributed by atoms with van der Waals surface area (Å²) in [5.41, 5.74) is 2.09. The van der Waals surface area contributed by atoms with Crippen molar-refractivity contribution in [3.63, 3.8) is 0 Å². The fourth-order valence-electron chi connectivity index (χ4n) is 2.35. The van der Waals surface area contributed by atoms with E-state index in [0.29, 0.717) is 31.2 Å². The van der Waals surface area contributed by atoms with Crippen molar-refractivity contribution in [3.8, 4) is 11.5 Å². The number of carbonyl (C=O) groups is 1. The van der Waals surface area contributed by atoms with Crippen LogP contribution in [0.3, 0.4) is 0 Å². The molecule has 0 radical (unpaired) electrons. The van der Waals surface area contributed by atoms with Gasteiger partial charge >= 0.3 is 0 Å². The van der Waals surface area contributed by atoms with Crippen LogP contribution in [0.4, 0.5) is 0 Å². The number of benzene rings is 2. The molecule has 0 fully saturated rings. The molecule has 0 saturated heterocycles. The normalized spacial score (nSPS) is 10.5. The summed E-state index contributed by atoms with van der Waals surface area (Å²) in [7, 11) is 0. The molecular weight excluding hydrogens is 302 g/mol. The molecule has 122 valence electrons. The van der Waals surface area contributed by atoms with Gasteiger partial charge in [-0.1, -0.05) is 48.5 Å². The molecule has 0 saturated carbocycles. The Morgan fingerprint density at radius 2 is 1.62 bits per heavy atom. The Labute approximate surface area is 140 Å². The van der Waals surface area contributed by atoms with Crippen molar-refractivity contribution < 1.29 is 9.21 Å². The third kappa shape index (κ3) is 4.52. The number of aromatic nitrogens is 2. The molecule has 0 aliphatic carbocycles. The molecule has 1 N–H and O–H groups in total. The third-order valence-corrected chi connectivity index (χ3v) is 3.63. The van der Waals surface area contributed by atoms with Gasteiger partial charge in [0.1, 0.15) is 0 Å². The molecule has 2 aromatic carbocycles. The highest BCUT2D eigenvalue weighted by Crippen LogP contribution is 2.17. The Morgan fingerprint density at radius 1 is 0.917 bits per heavy atom. The molecule has 0 atom stereocenters. The number of nitrogens with one attached hydrogen (secondary N) is 1. The maximum atomic E-state index is 11.9. The first-order chi connectivity index (χ1) is 11.8. The molecule has 3 rings (SSSR count). The van der Waals surface area contributed by atoms with Gasteiger partial charge in [-0.3, -0.25) is 4.79 Å². The summed E-state index contributed by atoms with van der Waals surface area (Å²) < 4.78 is 5.59. The Morgan fingerprint density at radius 3 is 2.38 bits per heavy atom. The number of aryl methyl sites for hydroxylation is 1. The zero-order chi connectivity index (χ0) is 16.6. The van der Waals surface area contributed by atoms with Crippen molar-refractivity contribution in [2.24, 2.45) is 0 Å². The fraction of sp³-hybridized carbons (Fsp3) is 0.211. The van der Waals surface area contributed by atoms with Crippen LogP contribution in [-0.2, 0) is 17.6 Å². The van der Waals surface area contributed by atoms with Gasteiger partial charge in [-0.15, -0.1) is 10.2 Å². The maximum Gasteiger partial charge on any atom is 0.247 e. The number of carbonyl (C=O) groups excluding carboxylic acids is 1. The Hall–Kier alpha value is -2.95. The van der Waals surface area contributed by atoms with Crippen molar-refractivity contribution in [2.75, 3.05) is 6.54 Å². The van der Waals surface area contributed by atoms with E-state index in [2.05, 4.69) is 27.6 Å². The summed E-state index contributed by atoms with van der Waals surface area (Å²) >= 11 is 0. The molecule has 24 heavy (non-hydrogen) atoms. The zero-order valence-corrected chi connectivity index (χ0v) is 13.3. The molecule has 0 aliphatic rings. The minimum absolute atomic E-state index is 0.00890. The summed E-state index contributed by atoms with van der Waals surface area (Å²) in [6, 6.07) is 19.7. The summed E-state index contributed by atoms with van der Waals surface area (Å²) in [6.07, 6.45) is 1.60. The van der Waals surface area contributed by atoms with Gasteiger partial charge in [0, 0.05) is 24.9 Å². The lowest BCUT2D eigenvalue weighted by atomic mass is 10.1. The topological polar surface area (TPSA) is 68.0 Å². The van der Waals surface area contributed by atoms with Crippen LogP contribution in [-0.4, -0.2) is 22.6 Å². The van der Waals surface area contributed by atoms with Gasteiger partial charge < -0.3 is 9.73 Å². The van der Waals surface area contributed by atoms with Crippen LogP contribution >= 0.6 is 0 Å². The summed E-state index contributed by atoms with van der Waals surface area (Å²) in [5, 5.41) is 10.9. The van der Waals surface area contributed by atoms with E-state index in [4.69, 9.17) is 4.42 Å². The van der Waals surface area contributed by atoms with Crippen molar-refractivity contribution in [3.05, 3.63) is 72.1 Å². The Kier molecular flexibility index (Phi) is 5.35. The SMILES string of the molecule is O=C(CCc1nnc(-c2ccccc2)o1)NCCc1ccccc1. The standard InChI is InChI=1S/C19H19N3O2/c23-17(20-14-13-15-7-3-1-4-8-15)11-12-18-21-22-19(24-18)16-9-5-2-6-10-16/h1-10H,11-14H2,(H,20,23). The van der Waals surface area contributed by atoms with E-state index < -0.39 is 0 Å². The molecular formula is C19H19N3O2. The number of rotatable bonds is 7. The lowest BCUT2D eigenvalue weighted by Crippen LogP contribution is -2.25. The van der Waals surface area contributed by atoms with Crippen LogP contribution in [0.1, 0.15) is 17.9 Å². The van der Waals surface area contributed by atoms with Crippen molar-refractivity contribution in [1.82, 2.24) is 15.5 Å². The summed E-state index contributed by atoms with van der Waals surface area (Å²) in [4.78, 5) is 11.9. The maximum absolute atomic E-state index is 11.9. The molecule has 1 heterocycles. The molecule has 1 aromatic heterocycles. The van der Waals surface area contributed by atoms with E-state index >= 15 is 0 Å². The van der Waals surface area contributed by atoms with Gasteiger partial charge in [0.15, 0.2) is 0 Å². The highest BCUT2D eigenvalue weighted by molar-refractivity contribution is 5.76. The summed E-state index contributed by atoms with van der Waals surface area (Å²) in [6.45, 7) is 0.627. The second kappa shape index (κ2) is 8.06. The molecule has 0 bridgehead atoms. The quantitative estimate of drug-likeness (QED) is 0.726. The predicted octanol–water partition coefficient (Wildman–Crippen LogP) is 3.03. The van der Waals surface area contributed by atoms with Gasteiger partial charge in [-0.05, 0) is 24.1 Å². The van der Waals surface area contributed by atoms with Gasteiger partial charge in [0.2, 0.25) is 17.7 Å². The number of amides is 1. The lowest BCUT2D eigenvalue weighted by Gasteiger charge is -2.04. The molecule has 5 nitrogen and oxygen atoms in total. The van der Waals surface area contributed by atoms with Gasteiger partial charge in [-0.25, -0.2) is 0 Å². The Bertz CT molecular complexity index is 770. The minimum Gasteiger partial charge on any atom is -0.421 e. The lowest BCUT2D eigenvalue weighted by molar-refractivity contribution is -0.121. The van der Waals surface area contributed by atoms with E-state index in [1.165, 1.54) is 5.56 Å². The molecule has 3 aromatic rings. The van der Waals surface area contributed by atoms with Crippen LogP contribution in [0.15, 0.2) is 65.1 Å². The zero-order valence-electron chi connectivity index (χ0n) is 13.3. The van der Waals surface area contributed by atoms with Gasteiger partial charge in [-0.2, -0.15) is 0 Å². The van der Waals surface area contributed by atoms with Crippen LogP contribution in [0.25, 0.3) is 11.5 Å². The average Bonchev–Trinajstić information content (AvgIpc) is 3.11. The monoisotopic (exact) mass is 321 g/mol. The fourth-order valence-corrected chi connectivity index (χ4v) is 2.35. The third-order valence-electron chi connectivity index (χ3n) is 3.63. The van der Waals surface area contributed by atoms with Crippen LogP contribution in [0.5, 0.6) is 0 Å². The molecule has 5 heteroatoms. The van der Waals surface area contributed by atoms with Crippen molar-refractivity contribution in [1.29, 1.82) is 0 Å². The van der Waals surface area contributed by atoms with E-state index in [1.54, 1.807) is 0 Å². The highest BCUT2D eigenvalue weighted by Gasteiger charge is 2.10. The van der Waals surface area contributed by atoms with Crippen molar-refractivity contribution >= 4 is 5.91 Å². The van der Waals surface area contributed by atoms with Crippen LogP contribution < -0.4 is 5.32 Å².